The molecule has 0 unspecified atom stereocenters. The van der Waals surface area contributed by atoms with Crippen molar-refractivity contribution >= 4 is 35.0 Å². The first kappa shape index (κ1) is 26.7. The number of anilines is 1. The molecule has 8 nitrogen and oxygen atoms in total. The van der Waals surface area contributed by atoms with Crippen molar-refractivity contribution < 1.29 is 37.0 Å². The monoisotopic (exact) mass is 539 g/mol. The average Bonchev–Trinajstić information content (AvgIpc) is 2.85. The highest BCUT2D eigenvalue weighted by atomic mass is 35.5. The van der Waals surface area contributed by atoms with Crippen molar-refractivity contribution in [2.24, 2.45) is 0 Å². The van der Waals surface area contributed by atoms with E-state index in [4.69, 9.17) is 21.1 Å². The van der Waals surface area contributed by atoms with Crippen molar-refractivity contribution in [1.29, 1.82) is 0 Å². The molecule has 2 aromatic carbocycles. The van der Waals surface area contributed by atoms with Gasteiger partial charge in [-0.05, 0) is 43.2 Å². The van der Waals surface area contributed by atoms with Crippen LogP contribution in [-0.4, -0.2) is 67.2 Å². The molecule has 0 saturated carbocycles. The number of alkyl halides is 3. The number of nitrogens with zero attached hydrogens (tertiary/aromatic N) is 1. The quantitative estimate of drug-likeness (QED) is 0.598. The van der Waals surface area contributed by atoms with Crippen LogP contribution < -0.4 is 15.4 Å². The second-order valence-electron chi connectivity index (χ2n) is 8.91. The number of benzene rings is 2. The summed E-state index contributed by atoms with van der Waals surface area (Å²) in [4.78, 5) is 39.4. The first-order valence-corrected chi connectivity index (χ1v) is 12.0. The molecule has 0 radical (unpaired) electrons. The third kappa shape index (κ3) is 6.53. The second kappa shape index (κ2) is 11.0. The molecule has 12 heteroatoms. The Morgan fingerprint density at radius 3 is 2.65 bits per heavy atom. The molecule has 37 heavy (non-hydrogen) atoms. The van der Waals surface area contributed by atoms with Gasteiger partial charge in [0.15, 0.2) is 0 Å². The number of carbonyl (C=O) groups is 3. The summed E-state index contributed by atoms with van der Waals surface area (Å²) in [6, 6.07) is 10.9. The summed E-state index contributed by atoms with van der Waals surface area (Å²) in [6.45, 7) is -1.33. The second-order valence-corrected chi connectivity index (χ2v) is 9.32. The van der Waals surface area contributed by atoms with Crippen LogP contribution >= 0.6 is 11.6 Å². The van der Waals surface area contributed by atoms with Gasteiger partial charge in [-0.3, -0.25) is 14.4 Å². The summed E-state index contributed by atoms with van der Waals surface area (Å²) >= 11 is 6.10. The van der Waals surface area contributed by atoms with Gasteiger partial charge in [-0.15, -0.1) is 0 Å². The number of hydrogen-bond acceptors (Lipinski definition) is 5. The van der Waals surface area contributed by atoms with Crippen LogP contribution in [0.1, 0.15) is 40.0 Å². The zero-order valence-corrected chi connectivity index (χ0v) is 20.6. The van der Waals surface area contributed by atoms with E-state index in [0.29, 0.717) is 34.9 Å². The van der Waals surface area contributed by atoms with Gasteiger partial charge in [0, 0.05) is 12.7 Å². The number of fused-ring (bicyclic) bond motifs is 2. The number of ether oxygens (including phenoxy) is 2. The molecule has 2 aliphatic rings. The van der Waals surface area contributed by atoms with Crippen LogP contribution in [0.15, 0.2) is 42.5 Å². The lowest BCUT2D eigenvalue weighted by Crippen LogP contribution is -2.54. The number of likely N-dealkylation sites (N-methyl/N-ethyl adjacent to an activating group) is 1. The Hall–Kier alpha value is -3.31. The predicted molar refractivity (Wildman–Crippen MR) is 129 cm³/mol. The normalized spacial score (nSPS) is 21.6. The van der Waals surface area contributed by atoms with E-state index in [2.05, 4.69) is 5.32 Å². The summed E-state index contributed by atoms with van der Waals surface area (Å²) in [5.41, 5.74) is 0.932. The molecule has 0 bridgehead atoms. The fourth-order valence-electron chi connectivity index (χ4n) is 4.43. The summed E-state index contributed by atoms with van der Waals surface area (Å²) in [7, 11) is 1.63. The molecule has 3 amide bonds. The highest BCUT2D eigenvalue weighted by Crippen LogP contribution is 2.33. The molecular weight excluding hydrogens is 515 g/mol. The molecule has 0 spiro atoms. The fourth-order valence-corrected chi connectivity index (χ4v) is 4.65. The van der Waals surface area contributed by atoms with Gasteiger partial charge in [0.1, 0.15) is 25.0 Å². The minimum absolute atomic E-state index is 0.0707. The molecule has 2 heterocycles. The number of rotatable bonds is 5. The lowest BCUT2D eigenvalue weighted by molar-refractivity contribution is -0.144. The van der Waals surface area contributed by atoms with E-state index in [-0.39, 0.29) is 30.5 Å². The zero-order chi connectivity index (χ0) is 26.7. The third-order valence-electron chi connectivity index (χ3n) is 6.29. The maximum absolute atomic E-state index is 13.3. The summed E-state index contributed by atoms with van der Waals surface area (Å²) in [6.07, 6.45) is -5.01. The van der Waals surface area contributed by atoms with Gasteiger partial charge in [0.2, 0.25) is 5.91 Å². The predicted octanol–water partition coefficient (Wildman–Crippen LogP) is 4.04. The van der Waals surface area contributed by atoms with Gasteiger partial charge < -0.3 is 25.0 Å². The van der Waals surface area contributed by atoms with Crippen molar-refractivity contribution in [3.8, 4) is 5.75 Å². The molecule has 2 N–H and O–H groups in total. The van der Waals surface area contributed by atoms with E-state index in [1.165, 1.54) is 11.0 Å². The Morgan fingerprint density at radius 2 is 1.92 bits per heavy atom. The van der Waals surface area contributed by atoms with Crippen molar-refractivity contribution in [2.45, 2.75) is 43.7 Å². The number of carbonyl (C=O) groups excluding carboxylic acids is 3. The van der Waals surface area contributed by atoms with E-state index in [1.807, 2.05) is 5.32 Å². The minimum atomic E-state index is -4.49. The van der Waals surface area contributed by atoms with E-state index in [1.54, 1.807) is 43.4 Å². The van der Waals surface area contributed by atoms with Crippen LogP contribution in [-0.2, 0) is 9.53 Å². The van der Waals surface area contributed by atoms with E-state index in [9.17, 15) is 27.6 Å². The fraction of sp³-hybridized carbons (Fsp3) is 0.400. The molecule has 3 atom stereocenters. The van der Waals surface area contributed by atoms with Crippen molar-refractivity contribution in [1.82, 2.24) is 10.2 Å². The topological polar surface area (TPSA) is 97.0 Å². The zero-order valence-electron chi connectivity index (χ0n) is 19.8. The molecular formula is C25H25ClF3N3O5. The van der Waals surface area contributed by atoms with Crippen molar-refractivity contribution in [2.75, 3.05) is 25.5 Å². The van der Waals surface area contributed by atoms with Gasteiger partial charge >= 0.3 is 6.18 Å². The standard InChI is InChI=1S/C25H25ClF3N3O5/c1-32-19-8-7-15(11-22(33)30-13-25(27,28)29)37-21(19)12-36-20-9-6-14(10-17(20)24(32)35)31-23(34)16-4-2-3-5-18(16)26/h2-6,9-10,15,19,21H,7-8,11-13H2,1H3,(H,30,33)(H,31,34)/t15-,19+,21-/m1/s1. The van der Waals surface area contributed by atoms with Gasteiger partial charge in [0.05, 0.1) is 34.7 Å². The van der Waals surface area contributed by atoms with E-state index in [0.717, 1.165) is 0 Å². The van der Waals surface area contributed by atoms with Gasteiger partial charge in [-0.25, -0.2) is 0 Å². The first-order valence-electron chi connectivity index (χ1n) is 11.6. The van der Waals surface area contributed by atoms with Crippen LogP contribution in [0.3, 0.4) is 0 Å². The Labute approximate surface area is 216 Å². The smallest absolute Gasteiger partial charge is 0.405 e. The molecule has 0 aliphatic carbocycles. The molecule has 1 fully saturated rings. The molecule has 2 aliphatic heterocycles. The van der Waals surface area contributed by atoms with Gasteiger partial charge in [-0.1, -0.05) is 23.7 Å². The highest BCUT2D eigenvalue weighted by Gasteiger charge is 2.39. The molecule has 2 aromatic rings. The number of amides is 3. The summed E-state index contributed by atoms with van der Waals surface area (Å²) in [5, 5.41) is 4.88. The Morgan fingerprint density at radius 1 is 1.16 bits per heavy atom. The minimum Gasteiger partial charge on any atom is -0.490 e. The van der Waals surface area contributed by atoms with E-state index < -0.39 is 36.7 Å². The first-order chi connectivity index (χ1) is 17.5. The molecule has 4 rings (SSSR count). The van der Waals surface area contributed by atoms with Crippen LogP contribution in [0.4, 0.5) is 18.9 Å². The molecule has 198 valence electrons. The van der Waals surface area contributed by atoms with E-state index >= 15 is 0 Å². The lowest BCUT2D eigenvalue weighted by atomic mass is 9.94. The Bertz CT molecular complexity index is 1190. The van der Waals surface area contributed by atoms with Crippen LogP contribution in [0.25, 0.3) is 0 Å². The molecule has 0 aromatic heterocycles. The number of halogens is 4. The van der Waals surface area contributed by atoms with Crippen molar-refractivity contribution in [3.63, 3.8) is 0 Å². The van der Waals surface area contributed by atoms with Crippen LogP contribution in [0, 0.1) is 0 Å². The maximum atomic E-state index is 13.3. The highest BCUT2D eigenvalue weighted by molar-refractivity contribution is 6.34. The van der Waals surface area contributed by atoms with Crippen molar-refractivity contribution in [3.05, 3.63) is 58.6 Å². The Balaban J connectivity index is 1.44. The third-order valence-corrected chi connectivity index (χ3v) is 6.62. The lowest BCUT2D eigenvalue weighted by Gasteiger charge is -2.42. The van der Waals surface area contributed by atoms with Crippen LogP contribution in [0.2, 0.25) is 5.02 Å². The SMILES string of the molecule is CN1C(=O)c2cc(NC(=O)c3ccccc3Cl)ccc2OC[C@H]2O[C@@H](CC(=O)NCC(F)(F)F)CC[C@@H]21. The Kier molecular flexibility index (Phi) is 7.93. The maximum Gasteiger partial charge on any atom is 0.405 e. The molecule has 1 saturated heterocycles. The summed E-state index contributed by atoms with van der Waals surface area (Å²) < 4.78 is 48.9. The largest absolute Gasteiger partial charge is 0.490 e. The van der Waals surface area contributed by atoms with Gasteiger partial charge in [0.25, 0.3) is 11.8 Å². The summed E-state index contributed by atoms with van der Waals surface area (Å²) in [5.74, 6) is -1.24. The number of nitrogens with one attached hydrogen (secondary N) is 2. The number of hydrogen-bond donors (Lipinski definition) is 2. The van der Waals surface area contributed by atoms with Gasteiger partial charge in [-0.2, -0.15) is 13.2 Å². The van der Waals surface area contributed by atoms with Crippen LogP contribution in [0.5, 0.6) is 5.75 Å². The average molecular weight is 540 g/mol.